The Balaban J connectivity index is 0.000000327. The van der Waals surface area contributed by atoms with E-state index in [1.54, 1.807) is 68.6 Å². The van der Waals surface area contributed by atoms with Gasteiger partial charge in [0.1, 0.15) is 25.3 Å². The zero-order valence-electron chi connectivity index (χ0n) is 32.3. The summed E-state index contributed by atoms with van der Waals surface area (Å²) in [7, 11) is 4.44. The number of halogens is 3. The van der Waals surface area contributed by atoms with Crippen LogP contribution in [0.25, 0.3) is 11.1 Å². The molecule has 14 nitrogen and oxygen atoms in total. The number of oxime groups is 2. The molecular formula is C42H48BBrF2N8O6. The van der Waals surface area contributed by atoms with Crippen molar-refractivity contribution in [3.05, 3.63) is 147 Å². The first-order valence-electron chi connectivity index (χ1n) is 17.3. The lowest BCUT2D eigenvalue weighted by Crippen LogP contribution is -2.29. The van der Waals surface area contributed by atoms with Gasteiger partial charge in [0, 0.05) is 29.8 Å². The van der Waals surface area contributed by atoms with Crippen LogP contribution in [0.3, 0.4) is 0 Å². The molecular weight excluding hydrogens is 841 g/mol. The quantitative estimate of drug-likeness (QED) is 0.0631. The highest BCUT2D eigenvalue weighted by molar-refractivity contribution is 9.10. The zero-order chi connectivity index (χ0) is 42.4. The Morgan fingerprint density at radius 2 is 1.12 bits per heavy atom. The van der Waals surface area contributed by atoms with E-state index in [1.807, 2.05) is 48.5 Å². The predicted octanol–water partition coefficient (Wildman–Crippen LogP) is 7.27. The monoisotopic (exact) mass is 888 g/mol. The summed E-state index contributed by atoms with van der Waals surface area (Å²) in [5.41, 5.74) is 5.69. The summed E-state index contributed by atoms with van der Waals surface area (Å²) in [4.78, 5) is 33.8. The lowest BCUT2D eigenvalue weighted by molar-refractivity contribution is 0.101. The molecule has 0 atom stereocenters. The summed E-state index contributed by atoms with van der Waals surface area (Å²) >= 11 is 3.31. The summed E-state index contributed by atoms with van der Waals surface area (Å²) in [5, 5.41) is 38.1. The third kappa shape index (κ3) is 13.3. The van der Waals surface area contributed by atoms with Crippen LogP contribution in [0.5, 0.6) is 0 Å². The first kappa shape index (κ1) is 49.7. The smallest absolute Gasteiger partial charge is 0.423 e. The Hall–Kier alpha value is -6.50. The van der Waals surface area contributed by atoms with Crippen LogP contribution in [0, 0.1) is 25.7 Å². The summed E-state index contributed by atoms with van der Waals surface area (Å²) < 4.78 is 30.7. The van der Waals surface area contributed by atoms with Gasteiger partial charge in [-0.05, 0) is 70.1 Å². The third-order valence-corrected chi connectivity index (χ3v) is 8.82. The van der Waals surface area contributed by atoms with Crippen molar-refractivity contribution in [3.63, 3.8) is 0 Å². The molecule has 6 rings (SSSR count). The summed E-state index contributed by atoms with van der Waals surface area (Å²) in [6.07, 6.45) is 3.14. The molecule has 6 aromatic rings. The molecule has 0 radical (unpaired) electrons. The number of carbonyl (C=O) groups excluding carboxylic acids is 2. The molecule has 4 N–H and O–H groups in total. The molecule has 0 unspecified atom stereocenters. The van der Waals surface area contributed by atoms with E-state index in [0.29, 0.717) is 28.2 Å². The number of hydrogen-bond donors (Lipinski definition) is 4. The fraction of sp³-hybridized carbons (Fsp3) is 0.190. The molecule has 0 spiro atoms. The van der Waals surface area contributed by atoms with Crippen molar-refractivity contribution in [2.24, 2.45) is 24.4 Å². The Morgan fingerprint density at radius 1 is 0.700 bits per heavy atom. The molecule has 18 heteroatoms. The normalized spacial score (nSPS) is 10.3. The first-order chi connectivity index (χ1) is 27.7. The standard InChI is InChI=1S/C20H19FN4O2.C12H11BrFN3O.C8H10BNO3.2CH4/c1-13-18(19(21)25(2)24-13)20(26)23-17-7-5-4-6-16(17)15-10-8-14(9-11-15)12-22-27-3;1-7-10(11(14)17(2)16-7)12(18)15-9-6-4-3-5-8(9)13;1-13-10-6-7-2-4-8(5-3-7)9(11)12;;/h4-12H,1-3H3,(H,23,26);3-6H,1-2H3,(H,15,18);2-6,11-12H,1H3;2*1H4/b22-12+;;10-6+;;. The van der Waals surface area contributed by atoms with Gasteiger partial charge in [0.05, 0.1) is 29.5 Å². The van der Waals surface area contributed by atoms with Crippen molar-refractivity contribution in [1.82, 2.24) is 19.6 Å². The van der Waals surface area contributed by atoms with Crippen molar-refractivity contribution in [3.8, 4) is 11.1 Å². The lowest BCUT2D eigenvalue weighted by Gasteiger charge is -2.11. The van der Waals surface area contributed by atoms with Gasteiger partial charge in [0.2, 0.25) is 11.9 Å². The van der Waals surface area contributed by atoms with Crippen LogP contribution in [-0.2, 0) is 23.8 Å². The van der Waals surface area contributed by atoms with Crippen LogP contribution in [0.15, 0.2) is 112 Å². The second-order valence-electron chi connectivity index (χ2n) is 12.2. The SMILES string of the molecule is C.C.CO/N=C/c1ccc(-c2ccccc2NC(=O)c2c(C)nn(C)c2F)cc1.CO/N=C/c1ccc(B(O)O)cc1.Cc1nn(C)c(F)c1C(=O)Nc1ccccc1Br. The van der Waals surface area contributed by atoms with Gasteiger partial charge >= 0.3 is 7.12 Å². The molecule has 2 amide bonds. The van der Waals surface area contributed by atoms with Crippen molar-refractivity contribution in [2.75, 3.05) is 24.9 Å². The maximum Gasteiger partial charge on any atom is 0.488 e. The van der Waals surface area contributed by atoms with E-state index >= 15 is 0 Å². The molecule has 0 aliphatic rings. The van der Waals surface area contributed by atoms with Gasteiger partial charge in [0.15, 0.2) is 0 Å². The molecule has 0 aliphatic heterocycles. The first-order valence-corrected chi connectivity index (χ1v) is 18.1. The van der Waals surface area contributed by atoms with Crippen molar-refractivity contribution in [2.45, 2.75) is 28.7 Å². The van der Waals surface area contributed by atoms with Gasteiger partial charge in [-0.25, -0.2) is 9.36 Å². The van der Waals surface area contributed by atoms with Crippen molar-refractivity contribution < 1.29 is 38.1 Å². The van der Waals surface area contributed by atoms with Gasteiger partial charge in [0.25, 0.3) is 11.8 Å². The molecule has 2 heterocycles. The number of amides is 2. The summed E-state index contributed by atoms with van der Waals surface area (Å²) in [5.74, 6) is -2.35. The largest absolute Gasteiger partial charge is 0.488 e. The number of nitrogens with one attached hydrogen (secondary N) is 2. The van der Waals surface area contributed by atoms with E-state index in [-0.39, 0.29) is 26.0 Å². The van der Waals surface area contributed by atoms with Crippen LogP contribution in [-0.4, -0.2) is 75.2 Å². The number of hydrogen-bond acceptors (Lipinski definition) is 10. The fourth-order valence-corrected chi connectivity index (χ4v) is 5.67. The second kappa shape index (κ2) is 23.8. The minimum atomic E-state index is -1.42. The summed E-state index contributed by atoms with van der Waals surface area (Å²) in [6.45, 7) is 3.20. The minimum Gasteiger partial charge on any atom is -0.423 e. The van der Waals surface area contributed by atoms with E-state index in [4.69, 9.17) is 10.0 Å². The Labute approximate surface area is 356 Å². The highest BCUT2D eigenvalue weighted by atomic mass is 79.9. The number of aryl methyl sites for hydroxylation is 4. The highest BCUT2D eigenvalue weighted by Crippen LogP contribution is 2.29. The number of rotatable bonds is 10. The highest BCUT2D eigenvalue weighted by Gasteiger charge is 2.22. The average molecular weight is 890 g/mol. The van der Waals surface area contributed by atoms with E-state index < -0.39 is 30.8 Å². The molecule has 0 fully saturated rings. The number of carbonyl (C=O) groups is 2. The predicted molar refractivity (Wildman–Crippen MR) is 237 cm³/mol. The summed E-state index contributed by atoms with van der Waals surface area (Å²) in [6, 6.07) is 28.8. The van der Waals surface area contributed by atoms with Crippen molar-refractivity contribution in [1.29, 1.82) is 0 Å². The van der Waals surface area contributed by atoms with Crippen molar-refractivity contribution >= 4 is 64.1 Å². The maximum absolute atomic E-state index is 14.2. The third-order valence-electron chi connectivity index (χ3n) is 8.13. The van der Waals surface area contributed by atoms with Crippen LogP contribution < -0.4 is 16.1 Å². The maximum atomic E-state index is 14.2. The molecule has 60 heavy (non-hydrogen) atoms. The van der Waals surface area contributed by atoms with Crippen LogP contribution in [0.2, 0.25) is 0 Å². The van der Waals surface area contributed by atoms with E-state index in [2.05, 4.69) is 56.7 Å². The van der Waals surface area contributed by atoms with Gasteiger partial charge in [-0.3, -0.25) is 9.59 Å². The van der Waals surface area contributed by atoms with E-state index in [1.165, 1.54) is 34.5 Å². The molecule has 0 saturated heterocycles. The number of aromatic nitrogens is 4. The average Bonchev–Trinajstić information content (AvgIpc) is 3.63. The van der Waals surface area contributed by atoms with Gasteiger partial charge in [-0.1, -0.05) is 104 Å². The zero-order valence-corrected chi connectivity index (χ0v) is 33.9. The number of anilines is 2. The molecule has 2 aromatic heterocycles. The van der Waals surface area contributed by atoms with Crippen LogP contribution >= 0.6 is 15.9 Å². The second-order valence-corrected chi connectivity index (χ2v) is 13.0. The lowest BCUT2D eigenvalue weighted by atomic mass is 9.80. The topological polar surface area (TPSA) is 177 Å². The molecule has 0 saturated carbocycles. The minimum absolute atomic E-state index is 0. The number of nitrogens with zero attached hydrogens (tertiary/aromatic N) is 6. The van der Waals surface area contributed by atoms with Gasteiger partial charge < -0.3 is 30.4 Å². The Morgan fingerprint density at radius 3 is 1.53 bits per heavy atom. The van der Waals surface area contributed by atoms with Crippen LogP contribution in [0.1, 0.15) is 58.1 Å². The number of benzene rings is 4. The number of para-hydroxylation sites is 2. The molecule has 0 bridgehead atoms. The fourth-order valence-electron chi connectivity index (χ4n) is 5.28. The van der Waals surface area contributed by atoms with Gasteiger partial charge in [-0.15, -0.1) is 0 Å². The molecule has 0 aliphatic carbocycles. The Bertz CT molecular complexity index is 2390. The molecule has 4 aromatic carbocycles. The van der Waals surface area contributed by atoms with Gasteiger partial charge in [-0.2, -0.15) is 19.0 Å². The van der Waals surface area contributed by atoms with E-state index in [0.717, 1.165) is 36.1 Å². The van der Waals surface area contributed by atoms with E-state index in [9.17, 15) is 18.4 Å². The molecule has 316 valence electrons. The Kier molecular flexibility index (Phi) is 19.7. The van der Waals surface area contributed by atoms with Crippen LogP contribution in [0.4, 0.5) is 20.2 Å².